The first-order valence-corrected chi connectivity index (χ1v) is 5.15. The molecule has 7 heteroatoms. The van der Waals surface area contributed by atoms with Crippen LogP contribution in [0.1, 0.15) is 18.5 Å². The third-order valence-electron chi connectivity index (χ3n) is 1.98. The first-order chi connectivity index (χ1) is 8.03. The Bertz CT molecular complexity index is 318. The fraction of sp³-hybridized carbons (Fsp3) is 0.600. The van der Waals surface area contributed by atoms with Gasteiger partial charge in [-0.1, -0.05) is 6.92 Å². The van der Waals surface area contributed by atoms with Gasteiger partial charge < -0.3 is 10.1 Å². The Hall–Kier alpha value is -1.21. The third kappa shape index (κ3) is 5.60. The molecule has 0 bridgehead atoms. The Kier molecular flexibility index (Phi) is 5.30. The molecule has 1 rings (SSSR count). The fourth-order valence-electron chi connectivity index (χ4n) is 1.30. The zero-order valence-electron chi connectivity index (χ0n) is 9.37. The Morgan fingerprint density at radius 1 is 1.35 bits per heavy atom. The minimum absolute atomic E-state index is 0.0687. The van der Waals surface area contributed by atoms with Crippen molar-refractivity contribution in [1.29, 1.82) is 0 Å². The van der Waals surface area contributed by atoms with Crippen molar-refractivity contribution in [2.45, 2.75) is 19.1 Å². The summed E-state index contributed by atoms with van der Waals surface area (Å²) in [6.07, 6.45) is 0.168. The first kappa shape index (κ1) is 13.9. The standard InChI is InChI=1S/C10H14F3N3O/c1-2-16-9(5-17-6-10(11,12)13)8-3-14-7-15-4-8/h3-4,7,9,16H,2,5-6H2,1H3. The predicted molar refractivity (Wildman–Crippen MR) is 55.3 cm³/mol. The van der Waals surface area contributed by atoms with E-state index in [1.54, 1.807) is 12.4 Å². The Labute approximate surface area is 97.2 Å². The summed E-state index contributed by atoms with van der Waals surface area (Å²) in [7, 11) is 0. The van der Waals surface area contributed by atoms with Crippen molar-refractivity contribution in [1.82, 2.24) is 15.3 Å². The van der Waals surface area contributed by atoms with E-state index in [0.29, 0.717) is 12.1 Å². The number of alkyl halides is 3. The van der Waals surface area contributed by atoms with Crippen LogP contribution in [0.25, 0.3) is 0 Å². The van der Waals surface area contributed by atoms with E-state index in [1.165, 1.54) is 6.33 Å². The molecule has 17 heavy (non-hydrogen) atoms. The quantitative estimate of drug-likeness (QED) is 0.833. The molecule has 0 spiro atoms. The largest absolute Gasteiger partial charge is 0.411 e. The average Bonchev–Trinajstić information content (AvgIpc) is 2.27. The molecule has 1 aromatic heterocycles. The topological polar surface area (TPSA) is 47.0 Å². The summed E-state index contributed by atoms with van der Waals surface area (Å²) in [6, 6.07) is -0.330. The van der Waals surface area contributed by atoms with E-state index < -0.39 is 12.8 Å². The minimum atomic E-state index is -4.30. The van der Waals surface area contributed by atoms with E-state index >= 15 is 0 Å². The second-order valence-electron chi connectivity index (χ2n) is 3.41. The highest BCUT2D eigenvalue weighted by Crippen LogP contribution is 2.16. The van der Waals surface area contributed by atoms with Crippen molar-refractivity contribution in [2.24, 2.45) is 0 Å². The van der Waals surface area contributed by atoms with Crippen molar-refractivity contribution in [3.8, 4) is 0 Å². The van der Waals surface area contributed by atoms with Crippen molar-refractivity contribution in [3.05, 3.63) is 24.3 Å². The summed E-state index contributed by atoms with van der Waals surface area (Å²) in [5.74, 6) is 0. The Balaban J connectivity index is 2.50. The number of nitrogens with zero attached hydrogens (tertiary/aromatic N) is 2. The molecule has 0 aromatic carbocycles. The summed E-state index contributed by atoms with van der Waals surface area (Å²) >= 11 is 0. The lowest BCUT2D eigenvalue weighted by atomic mass is 10.1. The highest BCUT2D eigenvalue weighted by atomic mass is 19.4. The lowest BCUT2D eigenvalue weighted by Gasteiger charge is -2.18. The maximum absolute atomic E-state index is 11.9. The molecule has 0 saturated heterocycles. The molecule has 0 aliphatic rings. The summed E-state index contributed by atoms with van der Waals surface area (Å²) in [4.78, 5) is 7.63. The molecule has 1 atom stereocenters. The summed E-state index contributed by atoms with van der Waals surface area (Å²) in [5.41, 5.74) is 0.705. The Morgan fingerprint density at radius 2 is 2.00 bits per heavy atom. The molecular weight excluding hydrogens is 235 g/mol. The SMILES string of the molecule is CCNC(COCC(F)(F)F)c1cncnc1. The van der Waals surface area contributed by atoms with Crippen LogP contribution >= 0.6 is 0 Å². The number of hydrogen-bond acceptors (Lipinski definition) is 4. The van der Waals surface area contributed by atoms with Gasteiger partial charge in [-0.15, -0.1) is 0 Å². The van der Waals surface area contributed by atoms with E-state index in [4.69, 9.17) is 0 Å². The van der Waals surface area contributed by atoms with Crippen LogP contribution in [0.15, 0.2) is 18.7 Å². The predicted octanol–water partition coefficient (Wildman–Crippen LogP) is 1.71. The van der Waals surface area contributed by atoms with Crippen LogP contribution in [0.5, 0.6) is 0 Å². The normalized spacial score (nSPS) is 13.6. The van der Waals surface area contributed by atoms with Gasteiger partial charge in [-0.2, -0.15) is 13.2 Å². The third-order valence-corrected chi connectivity index (χ3v) is 1.98. The smallest absolute Gasteiger partial charge is 0.370 e. The van der Waals surface area contributed by atoms with Gasteiger partial charge in [0.05, 0.1) is 12.6 Å². The van der Waals surface area contributed by atoms with Gasteiger partial charge in [-0.3, -0.25) is 0 Å². The van der Waals surface area contributed by atoms with Crippen LogP contribution in [-0.2, 0) is 4.74 Å². The van der Waals surface area contributed by atoms with E-state index in [2.05, 4.69) is 20.0 Å². The van der Waals surface area contributed by atoms with Crippen molar-refractivity contribution in [3.63, 3.8) is 0 Å². The number of ether oxygens (including phenoxy) is 1. The fourth-order valence-corrected chi connectivity index (χ4v) is 1.30. The van der Waals surface area contributed by atoms with Crippen molar-refractivity contribution < 1.29 is 17.9 Å². The van der Waals surface area contributed by atoms with Gasteiger partial charge in [-0.25, -0.2) is 9.97 Å². The van der Waals surface area contributed by atoms with E-state index in [0.717, 1.165) is 0 Å². The van der Waals surface area contributed by atoms with E-state index in [1.807, 2.05) is 6.92 Å². The molecule has 0 saturated carbocycles. The van der Waals surface area contributed by atoms with Gasteiger partial charge >= 0.3 is 6.18 Å². The zero-order valence-corrected chi connectivity index (χ0v) is 9.37. The number of hydrogen-bond donors (Lipinski definition) is 1. The molecule has 0 radical (unpaired) electrons. The molecule has 0 aliphatic carbocycles. The van der Waals surface area contributed by atoms with Gasteiger partial charge in [0, 0.05) is 18.0 Å². The summed E-state index contributed by atoms with van der Waals surface area (Å²) in [6.45, 7) is 1.17. The van der Waals surface area contributed by atoms with Crippen LogP contribution < -0.4 is 5.32 Å². The van der Waals surface area contributed by atoms with Gasteiger partial charge in [0.1, 0.15) is 12.9 Å². The first-order valence-electron chi connectivity index (χ1n) is 5.15. The van der Waals surface area contributed by atoms with Crippen LogP contribution in [0, 0.1) is 0 Å². The lowest BCUT2D eigenvalue weighted by molar-refractivity contribution is -0.175. The van der Waals surface area contributed by atoms with E-state index in [-0.39, 0.29) is 12.6 Å². The molecule has 0 fully saturated rings. The number of halogens is 3. The highest BCUT2D eigenvalue weighted by Gasteiger charge is 2.28. The maximum atomic E-state index is 11.9. The lowest BCUT2D eigenvalue weighted by Crippen LogP contribution is -2.28. The van der Waals surface area contributed by atoms with Crippen LogP contribution in [0.4, 0.5) is 13.2 Å². The molecular formula is C10H14F3N3O. The van der Waals surface area contributed by atoms with Crippen LogP contribution in [0.2, 0.25) is 0 Å². The molecule has 1 N–H and O–H groups in total. The second-order valence-corrected chi connectivity index (χ2v) is 3.41. The summed E-state index contributed by atoms with van der Waals surface area (Å²) in [5, 5.41) is 3.01. The number of likely N-dealkylation sites (N-methyl/N-ethyl adjacent to an activating group) is 1. The average molecular weight is 249 g/mol. The monoisotopic (exact) mass is 249 g/mol. The molecule has 0 aliphatic heterocycles. The number of nitrogens with one attached hydrogen (secondary N) is 1. The minimum Gasteiger partial charge on any atom is -0.370 e. The van der Waals surface area contributed by atoms with Gasteiger partial charge in [0.25, 0.3) is 0 Å². The van der Waals surface area contributed by atoms with Gasteiger partial charge in [0.2, 0.25) is 0 Å². The van der Waals surface area contributed by atoms with Crippen molar-refractivity contribution in [2.75, 3.05) is 19.8 Å². The molecule has 1 aromatic rings. The maximum Gasteiger partial charge on any atom is 0.411 e. The van der Waals surface area contributed by atoms with Crippen molar-refractivity contribution >= 4 is 0 Å². The number of aromatic nitrogens is 2. The molecule has 1 heterocycles. The van der Waals surface area contributed by atoms with Gasteiger partial charge in [0.15, 0.2) is 0 Å². The molecule has 0 amide bonds. The molecule has 1 unspecified atom stereocenters. The second kappa shape index (κ2) is 6.51. The highest BCUT2D eigenvalue weighted by molar-refractivity contribution is 5.09. The zero-order chi connectivity index (χ0) is 12.7. The number of rotatable bonds is 6. The van der Waals surface area contributed by atoms with E-state index in [9.17, 15) is 13.2 Å². The molecule has 4 nitrogen and oxygen atoms in total. The summed E-state index contributed by atoms with van der Waals surface area (Å²) < 4.78 is 40.4. The van der Waals surface area contributed by atoms with Crippen LogP contribution in [0.3, 0.4) is 0 Å². The van der Waals surface area contributed by atoms with Gasteiger partial charge in [-0.05, 0) is 6.54 Å². The van der Waals surface area contributed by atoms with Crippen LogP contribution in [-0.4, -0.2) is 35.9 Å². The molecule has 96 valence electrons. The Morgan fingerprint density at radius 3 is 2.53 bits per heavy atom.